The van der Waals surface area contributed by atoms with Gasteiger partial charge in [0, 0.05) is 10.8 Å². The molecule has 0 heterocycles. The summed E-state index contributed by atoms with van der Waals surface area (Å²) in [6.45, 7) is 24.4. The molecule has 0 aromatic rings. The van der Waals surface area contributed by atoms with E-state index >= 15 is 0 Å². The molecule has 0 N–H and O–H groups in total. The normalized spacial score (nSPS) is 39.6. The van der Waals surface area contributed by atoms with E-state index in [1.165, 1.54) is 133 Å². The Kier molecular flexibility index (Phi) is 15.8. The van der Waals surface area contributed by atoms with E-state index < -0.39 is 16.6 Å². The quantitative estimate of drug-likeness (QED) is 0.0871. The van der Waals surface area contributed by atoms with Crippen LogP contribution in [0.3, 0.4) is 0 Å². The molecular formula is C44H80I4O2Si2. The van der Waals surface area contributed by atoms with E-state index in [1.807, 2.05) is 0 Å². The van der Waals surface area contributed by atoms with Crippen molar-refractivity contribution in [3.05, 3.63) is 0 Å². The highest BCUT2D eigenvalue weighted by Gasteiger charge is 2.70. The van der Waals surface area contributed by atoms with Gasteiger partial charge in [-0.05, 0) is 204 Å². The van der Waals surface area contributed by atoms with Crippen molar-refractivity contribution in [3.8, 4) is 0 Å². The summed E-state index contributed by atoms with van der Waals surface area (Å²) in [4.78, 5) is 0. The maximum atomic E-state index is 7.30. The molecule has 0 aromatic heterocycles. The zero-order chi connectivity index (χ0) is 38.4. The first-order valence-corrected chi connectivity index (χ1v) is 33.7. The van der Waals surface area contributed by atoms with Gasteiger partial charge in [0.2, 0.25) is 0 Å². The summed E-state index contributed by atoms with van der Waals surface area (Å²) in [5.41, 5.74) is 2.24. The fraction of sp³-hybridized carbons (Fsp3) is 1.00. The average molecular weight is 1200 g/mol. The molecule has 0 spiro atoms. The van der Waals surface area contributed by atoms with E-state index in [-0.39, 0.29) is 0 Å². The fourth-order valence-electron chi connectivity index (χ4n) is 13.7. The molecule has 8 aliphatic carbocycles. The van der Waals surface area contributed by atoms with Gasteiger partial charge in [-0.15, -0.1) is 0 Å². The maximum absolute atomic E-state index is 7.30. The summed E-state index contributed by atoms with van der Waals surface area (Å²) in [5.74, 6) is 3.82. The molecule has 0 unspecified atom stereocenters. The number of halogens is 4. The summed E-state index contributed by atoms with van der Waals surface area (Å²) < 4.78 is 19.9. The predicted molar refractivity (Wildman–Crippen MR) is 266 cm³/mol. The number of fused-ring (bicyclic) bond motifs is 2. The summed E-state index contributed by atoms with van der Waals surface area (Å²) in [6, 6.07) is 0. The lowest BCUT2D eigenvalue weighted by Gasteiger charge is -2.65. The molecule has 0 aromatic carbocycles. The molecular weight excluding hydrogens is 1120 g/mol. The number of hydrogen-bond donors (Lipinski definition) is 0. The molecule has 52 heavy (non-hydrogen) atoms. The molecule has 304 valence electrons. The summed E-state index contributed by atoms with van der Waals surface area (Å²) in [5, 5.41) is 0.644. The lowest BCUT2D eigenvalue weighted by atomic mass is 9.44. The van der Waals surface area contributed by atoms with Gasteiger partial charge in [0.15, 0.2) is 16.6 Å². The van der Waals surface area contributed by atoms with E-state index in [4.69, 9.17) is 8.85 Å². The Labute approximate surface area is 380 Å². The zero-order valence-electron chi connectivity index (χ0n) is 35.3. The van der Waals surface area contributed by atoms with Crippen molar-refractivity contribution in [2.75, 3.05) is 17.7 Å². The molecule has 0 saturated heterocycles. The molecule has 8 heteroatoms. The van der Waals surface area contributed by atoms with Crippen molar-refractivity contribution >= 4 is 107 Å². The molecule has 8 rings (SSSR count). The van der Waals surface area contributed by atoms with Gasteiger partial charge in [0.05, 0.1) is 12.2 Å². The third-order valence-electron chi connectivity index (χ3n) is 17.7. The van der Waals surface area contributed by atoms with Gasteiger partial charge in [-0.25, -0.2) is 0 Å². The Morgan fingerprint density at radius 1 is 0.519 bits per heavy atom. The average Bonchev–Trinajstić information content (AvgIpc) is 3.38. The highest BCUT2D eigenvalue weighted by Crippen LogP contribution is 2.76. The van der Waals surface area contributed by atoms with E-state index in [9.17, 15) is 0 Å². The number of alkyl halides is 4. The molecule has 10 atom stereocenters. The minimum absolute atomic E-state index is 0.322. The molecule has 8 fully saturated rings. The fourth-order valence-corrected chi connectivity index (χ4v) is 18.0. The third kappa shape index (κ3) is 8.45. The van der Waals surface area contributed by atoms with Crippen molar-refractivity contribution < 1.29 is 8.85 Å². The van der Waals surface area contributed by atoms with Crippen LogP contribution in [-0.2, 0) is 8.85 Å². The topological polar surface area (TPSA) is 18.5 Å². The molecule has 0 radical (unpaired) electrons. The van der Waals surface area contributed by atoms with E-state index in [2.05, 4.69) is 158 Å². The second-order valence-corrected chi connectivity index (χ2v) is 35.9. The minimum Gasteiger partial charge on any atom is -0.413 e. The van der Waals surface area contributed by atoms with E-state index in [0.29, 0.717) is 43.9 Å². The van der Waals surface area contributed by atoms with Crippen LogP contribution in [0.15, 0.2) is 0 Å². The van der Waals surface area contributed by atoms with Crippen LogP contribution in [0.25, 0.3) is 0 Å². The molecule has 8 bridgehead atoms. The van der Waals surface area contributed by atoms with Crippen LogP contribution in [0.5, 0.6) is 0 Å². The zero-order valence-corrected chi connectivity index (χ0v) is 46.0. The Hall–Kier alpha value is 3.27. The molecule has 8 aliphatic rings. The highest BCUT2D eigenvalue weighted by molar-refractivity contribution is 14.1. The highest BCUT2D eigenvalue weighted by atomic mass is 127. The van der Waals surface area contributed by atoms with Crippen LogP contribution >= 0.6 is 90.4 Å². The van der Waals surface area contributed by atoms with Crippen molar-refractivity contribution in [2.24, 2.45) is 45.3 Å². The van der Waals surface area contributed by atoms with Crippen molar-refractivity contribution in [2.45, 2.75) is 206 Å². The largest absolute Gasteiger partial charge is 0.413 e. The van der Waals surface area contributed by atoms with Crippen molar-refractivity contribution in [1.82, 2.24) is 0 Å². The Bertz CT molecular complexity index is 1100. The molecule has 8 saturated carbocycles. The molecule has 0 amide bonds. The van der Waals surface area contributed by atoms with Crippen LogP contribution in [0.1, 0.15) is 157 Å². The standard InChI is InChI=1S/2C22H40I2OSi/c2*1-20(2,3)26(4,5)25-19-15-17-14-18-8-11-21(16-17,9-6-12-23)22(18,19)10-7-13-24/h2*17-19H,6-16H2,1-5H3/t2*17-,18+,19-,21-,22+/m00/s1. The summed E-state index contributed by atoms with van der Waals surface area (Å²) in [6.07, 6.45) is 27.4. The van der Waals surface area contributed by atoms with Crippen LogP contribution in [-0.4, -0.2) is 46.6 Å². The van der Waals surface area contributed by atoms with Gasteiger partial charge in [0.1, 0.15) is 0 Å². The lowest BCUT2D eigenvalue weighted by Crippen LogP contribution is -2.62. The van der Waals surface area contributed by atoms with E-state index in [1.54, 1.807) is 0 Å². The minimum atomic E-state index is -1.72. The van der Waals surface area contributed by atoms with Gasteiger partial charge in [0.25, 0.3) is 0 Å². The van der Waals surface area contributed by atoms with Crippen LogP contribution in [0.4, 0.5) is 0 Å². The van der Waals surface area contributed by atoms with Gasteiger partial charge in [-0.2, -0.15) is 0 Å². The van der Waals surface area contributed by atoms with E-state index in [0.717, 1.165) is 23.7 Å². The first-order valence-electron chi connectivity index (χ1n) is 21.8. The van der Waals surface area contributed by atoms with Crippen LogP contribution in [0.2, 0.25) is 36.3 Å². The van der Waals surface area contributed by atoms with Crippen molar-refractivity contribution in [1.29, 1.82) is 0 Å². The van der Waals surface area contributed by atoms with Gasteiger partial charge >= 0.3 is 0 Å². The molecule has 0 aliphatic heterocycles. The molecule has 2 nitrogen and oxygen atoms in total. The van der Waals surface area contributed by atoms with Gasteiger partial charge < -0.3 is 8.85 Å². The Morgan fingerprint density at radius 2 is 0.846 bits per heavy atom. The predicted octanol–water partition coefficient (Wildman–Crippen LogP) is 16.0. The maximum Gasteiger partial charge on any atom is 0.192 e. The van der Waals surface area contributed by atoms with Gasteiger partial charge in [-0.1, -0.05) is 132 Å². The first-order chi connectivity index (χ1) is 24.2. The van der Waals surface area contributed by atoms with Crippen LogP contribution in [0, 0.1) is 45.3 Å². The number of rotatable bonds is 16. The third-order valence-corrected chi connectivity index (χ3v) is 29.7. The number of hydrogen-bond acceptors (Lipinski definition) is 2. The van der Waals surface area contributed by atoms with Crippen molar-refractivity contribution in [3.63, 3.8) is 0 Å². The van der Waals surface area contributed by atoms with Gasteiger partial charge in [-0.3, -0.25) is 0 Å². The lowest BCUT2D eigenvalue weighted by molar-refractivity contribution is -0.176. The smallest absolute Gasteiger partial charge is 0.192 e. The van der Waals surface area contributed by atoms with Crippen LogP contribution < -0.4 is 0 Å². The monoisotopic (exact) mass is 1200 g/mol. The second kappa shape index (κ2) is 17.7. The summed E-state index contributed by atoms with van der Waals surface area (Å²) >= 11 is 10.4. The summed E-state index contributed by atoms with van der Waals surface area (Å²) in [7, 11) is -3.43. The second-order valence-electron chi connectivity index (χ2n) is 22.1. The SMILES string of the molecule is CC(C)(C)[Si](C)(C)O[C@H]1C[C@@H]2C[C@H]3CC[C@@](CCCI)(C2)[C@]31CCCI.CC(C)(C)[Si](C)(C)O[C@H]1C[C@@H]2C[C@H]3CC[C@@](CCCI)(C2)[C@]31CCCI. The Morgan fingerprint density at radius 3 is 1.15 bits per heavy atom. The first kappa shape index (κ1) is 46.3. The Balaban J connectivity index is 0.000000201.